The van der Waals surface area contributed by atoms with E-state index in [2.05, 4.69) is 33.9 Å². The summed E-state index contributed by atoms with van der Waals surface area (Å²) in [4.78, 5) is 22.4. The predicted octanol–water partition coefficient (Wildman–Crippen LogP) is 3.38. The topological polar surface area (TPSA) is 61.8 Å². The van der Waals surface area contributed by atoms with Gasteiger partial charge in [-0.1, -0.05) is 20.8 Å². The number of esters is 2. The Morgan fingerprint density at radius 3 is 2.26 bits per heavy atom. The highest BCUT2D eigenvalue weighted by atomic mass is 32.2. The molecule has 1 rings (SSSR count). The van der Waals surface area contributed by atoms with Gasteiger partial charge in [-0.3, -0.25) is 9.59 Å². The summed E-state index contributed by atoms with van der Waals surface area (Å²) in [5.74, 6) is 0.222. The minimum atomic E-state index is -1.93. The lowest BCUT2D eigenvalue weighted by molar-refractivity contribution is -0.151. The van der Waals surface area contributed by atoms with Gasteiger partial charge in [0.25, 0.3) is 0 Å². The van der Waals surface area contributed by atoms with E-state index in [-0.39, 0.29) is 34.4 Å². The van der Waals surface area contributed by atoms with Gasteiger partial charge in [0.2, 0.25) is 0 Å². The second-order valence-corrected chi connectivity index (χ2v) is 13.5. The Bertz CT molecular complexity index is 433. The maximum Gasteiger partial charge on any atom is 0.303 e. The molecule has 7 heteroatoms. The van der Waals surface area contributed by atoms with Gasteiger partial charge in [-0.05, 0) is 24.6 Å². The Kier molecular flexibility index (Phi) is 7.16. The maximum absolute atomic E-state index is 11.5. The molecule has 0 aromatic carbocycles. The lowest BCUT2D eigenvalue weighted by atomic mass is 10.1. The van der Waals surface area contributed by atoms with Crippen LogP contribution >= 0.6 is 11.8 Å². The fourth-order valence-corrected chi connectivity index (χ4v) is 5.04. The second-order valence-electron chi connectivity index (χ2n) is 7.49. The van der Waals surface area contributed by atoms with Crippen molar-refractivity contribution in [2.24, 2.45) is 0 Å². The second kappa shape index (κ2) is 8.03. The monoisotopic (exact) mass is 362 g/mol. The van der Waals surface area contributed by atoms with E-state index < -0.39 is 8.32 Å². The van der Waals surface area contributed by atoms with E-state index >= 15 is 0 Å². The molecular weight excluding hydrogens is 332 g/mol. The van der Waals surface area contributed by atoms with Crippen molar-refractivity contribution in [2.75, 3.05) is 12.4 Å². The molecule has 3 atom stereocenters. The summed E-state index contributed by atoms with van der Waals surface area (Å²) in [7, 11) is -1.93. The number of thioether (sulfide) groups is 1. The average molecular weight is 363 g/mol. The smallest absolute Gasteiger partial charge is 0.303 e. The first-order chi connectivity index (χ1) is 10.4. The van der Waals surface area contributed by atoms with Gasteiger partial charge in [-0.15, -0.1) is 0 Å². The van der Waals surface area contributed by atoms with Crippen molar-refractivity contribution in [2.45, 2.75) is 76.6 Å². The summed E-state index contributed by atoms with van der Waals surface area (Å²) in [5.41, 5.74) is 0. The molecule has 0 N–H and O–H groups in total. The molecule has 0 saturated carbocycles. The molecular formula is C16H30O5SSi. The summed E-state index contributed by atoms with van der Waals surface area (Å²) in [6, 6.07) is 0. The molecule has 0 bridgehead atoms. The molecule has 1 aliphatic rings. The zero-order chi connectivity index (χ0) is 17.8. The van der Waals surface area contributed by atoms with E-state index in [0.29, 0.717) is 13.0 Å². The van der Waals surface area contributed by atoms with Gasteiger partial charge in [-0.25, -0.2) is 0 Å². The van der Waals surface area contributed by atoms with Crippen LogP contribution in [-0.2, 0) is 23.5 Å². The van der Waals surface area contributed by atoms with Gasteiger partial charge in [0.05, 0.1) is 12.7 Å². The lowest BCUT2D eigenvalue weighted by Crippen LogP contribution is -2.48. The molecule has 134 valence electrons. The fourth-order valence-electron chi connectivity index (χ4n) is 2.21. The van der Waals surface area contributed by atoms with Crippen LogP contribution in [0.5, 0.6) is 0 Å². The SMILES string of the molecule is CC(=O)OCC[C@H]1SC[C@@H](O[Si](C)(C)C(C)(C)C)[C@H]1OC(C)=O. The molecule has 1 saturated heterocycles. The Morgan fingerprint density at radius 2 is 1.78 bits per heavy atom. The summed E-state index contributed by atoms with van der Waals surface area (Å²) in [6.07, 6.45) is 0.300. The van der Waals surface area contributed by atoms with Gasteiger partial charge in [0.1, 0.15) is 6.10 Å². The minimum Gasteiger partial charge on any atom is -0.466 e. The summed E-state index contributed by atoms with van der Waals surface area (Å²) in [5, 5.41) is 0.210. The van der Waals surface area contributed by atoms with Crippen molar-refractivity contribution < 1.29 is 23.5 Å². The zero-order valence-electron chi connectivity index (χ0n) is 15.3. The van der Waals surface area contributed by atoms with Gasteiger partial charge < -0.3 is 13.9 Å². The molecule has 23 heavy (non-hydrogen) atoms. The fraction of sp³-hybridized carbons (Fsp3) is 0.875. The highest BCUT2D eigenvalue weighted by Crippen LogP contribution is 2.41. The minimum absolute atomic E-state index is 0.0906. The average Bonchev–Trinajstić information content (AvgIpc) is 2.69. The van der Waals surface area contributed by atoms with E-state index in [1.54, 1.807) is 11.8 Å². The Balaban J connectivity index is 2.75. The van der Waals surface area contributed by atoms with E-state index in [9.17, 15) is 9.59 Å². The van der Waals surface area contributed by atoms with Crippen LogP contribution in [0.4, 0.5) is 0 Å². The molecule has 0 aromatic heterocycles. The van der Waals surface area contributed by atoms with E-state index in [1.807, 2.05) is 0 Å². The Labute approximate surface area is 144 Å². The third kappa shape index (κ3) is 6.12. The molecule has 1 heterocycles. The van der Waals surface area contributed by atoms with E-state index in [4.69, 9.17) is 13.9 Å². The highest BCUT2D eigenvalue weighted by molar-refractivity contribution is 8.00. The van der Waals surface area contributed by atoms with Gasteiger partial charge in [0.15, 0.2) is 8.32 Å². The van der Waals surface area contributed by atoms with Crippen LogP contribution in [0.15, 0.2) is 0 Å². The first kappa shape index (κ1) is 20.5. The van der Waals surface area contributed by atoms with Crippen LogP contribution in [0.2, 0.25) is 18.1 Å². The number of carbonyl (C=O) groups is 2. The van der Waals surface area contributed by atoms with Crippen molar-refractivity contribution in [1.82, 2.24) is 0 Å². The Hall–Kier alpha value is -0.533. The van der Waals surface area contributed by atoms with Crippen molar-refractivity contribution in [3.05, 3.63) is 0 Å². The molecule has 5 nitrogen and oxygen atoms in total. The number of ether oxygens (including phenoxy) is 2. The van der Waals surface area contributed by atoms with E-state index in [0.717, 1.165) is 5.75 Å². The summed E-state index contributed by atoms with van der Waals surface area (Å²) < 4.78 is 17.0. The third-order valence-electron chi connectivity index (χ3n) is 4.47. The third-order valence-corrected chi connectivity index (χ3v) is 10.4. The lowest BCUT2D eigenvalue weighted by Gasteiger charge is -2.39. The molecule has 0 aliphatic carbocycles. The van der Waals surface area contributed by atoms with Gasteiger partial charge >= 0.3 is 11.9 Å². The van der Waals surface area contributed by atoms with Crippen LogP contribution < -0.4 is 0 Å². The molecule has 1 aliphatic heterocycles. The molecule has 0 aromatic rings. The maximum atomic E-state index is 11.5. The molecule has 0 radical (unpaired) electrons. The molecule has 0 spiro atoms. The quantitative estimate of drug-likeness (QED) is 0.533. The molecule has 0 amide bonds. The van der Waals surface area contributed by atoms with Crippen LogP contribution in [0, 0.1) is 0 Å². The first-order valence-electron chi connectivity index (χ1n) is 8.04. The normalized spacial score (nSPS) is 25.3. The largest absolute Gasteiger partial charge is 0.466 e. The van der Waals surface area contributed by atoms with Crippen LogP contribution in [0.3, 0.4) is 0 Å². The molecule has 0 unspecified atom stereocenters. The molecule has 1 fully saturated rings. The van der Waals surface area contributed by atoms with Crippen molar-refractivity contribution >= 4 is 32.0 Å². The van der Waals surface area contributed by atoms with Crippen LogP contribution in [0.1, 0.15) is 41.0 Å². The number of hydrogen-bond acceptors (Lipinski definition) is 6. The zero-order valence-corrected chi connectivity index (χ0v) is 17.1. The summed E-state index contributed by atoms with van der Waals surface area (Å²) >= 11 is 1.73. The van der Waals surface area contributed by atoms with Crippen molar-refractivity contribution in [1.29, 1.82) is 0 Å². The van der Waals surface area contributed by atoms with Crippen LogP contribution in [-0.4, -0.2) is 50.1 Å². The highest BCUT2D eigenvalue weighted by Gasteiger charge is 2.46. The Morgan fingerprint density at radius 1 is 1.17 bits per heavy atom. The predicted molar refractivity (Wildman–Crippen MR) is 95.1 cm³/mol. The van der Waals surface area contributed by atoms with Crippen molar-refractivity contribution in [3.63, 3.8) is 0 Å². The number of rotatable bonds is 6. The number of hydrogen-bond donors (Lipinski definition) is 0. The summed E-state index contributed by atoms with van der Waals surface area (Å²) in [6.45, 7) is 14.2. The first-order valence-corrected chi connectivity index (χ1v) is 12.0. The van der Waals surface area contributed by atoms with Crippen LogP contribution in [0.25, 0.3) is 0 Å². The standard InChI is InChI=1S/C16H30O5SSi/c1-11(17)19-9-8-14-15(20-12(2)18)13(10-22-14)21-23(6,7)16(3,4)5/h13-15H,8-10H2,1-7H3/t13-,14-,15-/m1/s1. The number of carbonyl (C=O) groups excluding carboxylic acids is 2. The van der Waals surface area contributed by atoms with Crippen molar-refractivity contribution in [3.8, 4) is 0 Å². The van der Waals surface area contributed by atoms with E-state index in [1.165, 1.54) is 13.8 Å². The van der Waals surface area contributed by atoms with Gasteiger partial charge in [-0.2, -0.15) is 11.8 Å². The van der Waals surface area contributed by atoms with Gasteiger partial charge in [0, 0.05) is 24.9 Å².